The van der Waals surface area contributed by atoms with Gasteiger partial charge in [-0.05, 0) is 60.2 Å². The molecular weight excluding hydrogens is 605 g/mol. The molecule has 230 valence electrons. The van der Waals surface area contributed by atoms with Gasteiger partial charge < -0.3 is 10.2 Å². The molecule has 4 rings (SSSR count). The Morgan fingerprint density at radius 1 is 0.884 bits per heavy atom. The summed E-state index contributed by atoms with van der Waals surface area (Å²) in [7, 11) is -3.83. The maximum Gasteiger partial charge on any atom is 0.244 e. The Balaban J connectivity index is 1.73. The average Bonchev–Trinajstić information content (AvgIpc) is 3.00. The zero-order valence-corrected chi connectivity index (χ0v) is 27.0. The minimum atomic E-state index is -3.83. The average molecular weight is 645 g/mol. The molecule has 0 unspecified atom stereocenters. The number of hydrogen-bond donors (Lipinski definition) is 1. The number of carbonyl (C=O) groups excluding carboxylic acids is 2. The SMILES string of the molecule is CCc1ccc(N(CC(=O)N(Cc2ccc(Cl)c(Cl)c2)[C@H](Cc2ccccc2)C(=O)NC2CCCCC2)S(C)(=O)=O)cc1. The highest BCUT2D eigenvalue weighted by atomic mass is 35.5. The Morgan fingerprint density at radius 3 is 2.14 bits per heavy atom. The van der Waals surface area contributed by atoms with Crippen molar-refractivity contribution in [3.63, 3.8) is 0 Å². The second-order valence-electron chi connectivity index (χ2n) is 11.1. The number of amides is 2. The lowest BCUT2D eigenvalue weighted by Gasteiger charge is -2.35. The van der Waals surface area contributed by atoms with E-state index in [9.17, 15) is 18.0 Å². The molecular formula is C33H39Cl2N3O4S. The number of nitrogens with zero attached hydrogens (tertiary/aromatic N) is 2. The number of hydrogen-bond acceptors (Lipinski definition) is 4. The van der Waals surface area contributed by atoms with E-state index in [1.54, 1.807) is 30.3 Å². The van der Waals surface area contributed by atoms with E-state index in [1.807, 2.05) is 49.4 Å². The van der Waals surface area contributed by atoms with Gasteiger partial charge in [0.1, 0.15) is 12.6 Å². The van der Waals surface area contributed by atoms with Crippen molar-refractivity contribution in [2.75, 3.05) is 17.1 Å². The lowest BCUT2D eigenvalue weighted by atomic mass is 9.94. The number of rotatable bonds is 12. The normalized spacial score (nSPS) is 14.6. The fourth-order valence-electron chi connectivity index (χ4n) is 5.44. The topological polar surface area (TPSA) is 86.8 Å². The van der Waals surface area contributed by atoms with Gasteiger partial charge in [-0.25, -0.2) is 8.42 Å². The van der Waals surface area contributed by atoms with E-state index in [-0.39, 0.29) is 24.9 Å². The van der Waals surface area contributed by atoms with Gasteiger partial charge >= 0.3 is 0 Å². The van der Waals surface area contributed by atoms with Crippen molar-refractivity contribution in [3.8, 4) is 0 Å². The van der Waals surface area contributed by atoms with Crippen molar-refractivity contribution >= 4 is 50.7 Å². The van der Waals surface area contributed by atoms with Gasteiger partial charge in [0.25, 0.3) is 0 Å². The van der Waals surface area contributed by atoms with Gasteiger partial charge in [-0.1, -0.05) is 97.9 Å². The lowest BCUT2D eigenvalue weighted by Crippen LogP contribution is -2.55. The predicted molar refractivity (Wildman–Crippen MR) is 174 cm³/mol. The molecule has 1 fully saturated rings. The van der Waals surface area contributed by atoms with Crippen LogP contribution in [0.4, 0.5) is 5.69 Å². The van der Waals surface area contributed by atoms with Crippen LogP contribution in [0.25, 0.3) is 0 Å². The second-order valence-corrected chi connectivity index (χ2v) is 13.8. The molecule has 0 heterocycles. The van der Waals surface area contributed by atoms with Crippen molar-refractivity contribution < 1.29 is 18.0 Å². The number of halogens is 2. The smallest absolute Gasteiger partial charge is 0.244 e. The number of benzene rings is 3. The van der Waals surface area contributed by atoms with Crippen LogP contribution in [0.15, 0.2) is 72.8 Å². The lowest BCUT2D eigenvalue weighted by molar-refractivity contribution is -0.140. The number of sulfonamides is 1. The summed E-state index contributed by atoms with van der Waals surface area (Å²) in [5, 5.41) is 3.90. The standard InChI is InChI=1S/C33H39Cl2N3O4S/c1-3-24-14-17-28(18-15-24)38(43(2,41)42)23-32(39)37(22-26-16-19-29(34)30(35)20-26)31(21-25-10-6-4-7-11-25)33(40)36-27-12-8-5-9-13-27/h4,6-7,10-11,14-20,27,31H,3,5,8-9,12-13,21-23H2,1-2H3,(H,36,40)/t31-/m1/s1. The van der Waals surface area contributed by atoms with Gasteiger partial charge in [-0.2, -0.15) is 0 Å². The number of anilines is 1. The molecule has 3 aromatic rings. The Morgan fingerprint density at radius 2 is 1.53 bits per heavy atom. The molecule has 0 aromatic heterocycles. The van der Waals surface area contributed by atoms with Gasteiger partial charge in [-0.3, -0.25) is 13.9 Å². The molecule has 1 aliphatic rings. The predicted octanol–water partition coefficient (Wildman–Crippen LogP) is 6.41. The van der Waals surface area contributed by atoms with Crippen molar-refractivity contribution in [1.29, 1.82) is 0 Å². The van der Waals surface area contributed by atoms with Crippen molar-refractivity contribution in [3.05, 3.63) is 99.5 Å². The summed E-state index contributed by atoms with van der Waals surface area (Å²) in [4.78, 5) is 29.7. The molecule has 7 nitrogen and oxygen atoms in total. The summed E-state index contributed by atoms with van der Waals surface area (Å²) >= 11 is 12.5. The fraction of sp³-hybridized carbons (Fsp3) is 0.394. The second kappa shape index (κ2) is 15.1. The Bertz CT molecular complexity index is 1490. The van der Waals surface area contributed by atoms with Crippen LogP contribution in [0.2, 0.25) is 10.0 Å². The van der Waals surface area contributed by atoms with Crippen molar-refractivity contribution in [2.45, 2.75) is 70.5 Å². The first-order chi connectivity index (χ1) is 20.5. The third kappa shape index (κ3) is 9.21. The van der Waals surface area contributed by atoms with Gasteiger partial charge in [0.05, 0.1) is 22.0 Å². The van der Waals surface area contributed by atoms with Gasteiger partial charge in [-0.15, -0.1) is 0 Å². The number of aryl methyl sites for hydroxylation is 1. The largest absolute Gasteiger partial charge is 0.352 e. The van der Waals surface area contributed by atoms with E-state index in [0.717, 1.165) is 60.2 Å². The first kappa shape index (κ1) is 32.8. The van der Waals surface area contributed by atoms with Crippen LogP contribution in [-0.4, -0.2) is 50.0 Å². The molecule has 0 bridgehead atoms. The molecule has 1 N–H and O–H groups in total. The highest BCUT2D eigenvalue weighted by Crippen LogP contribution is 2.26. The van der Waals surface area contributed by atoms with E-state index >= 15 is 0 Å². The summed E-state index contributed by atoms with van der Waals surface area (Å²) < 4.78 is 27.1. The quantitative estimate of drug-likeness (QED) is 0.247. The maximum absolute atomic E-state index is 14.3. The monoisotopic (exact) mass is 643 g/mol. The zero-order valence-electron chi connectivity index (χ0n) is 24.6. The molecule has 2 amide bonds. The number of nitrogens with one attached hydrogen (secondary N) is 1. The molecule has 3 aromatic carbocycles. The third-order valence-electron chi connectivity index (χ3n) is 7.87. The van der Waals surface area contributed by atoms with Crippen molar-refractivity contribution in [1.82, 2.24) is 10.2 Å². The van der Waals surface area contributed by atoms with Crippen LogP contribution in [-0.2, 0) is 39.0 Å². The summed E-state index contributed by atoms with van der Waals surface area (Å²) in [5.74, 6) is -0.766. The van der Waals surface area contributed by atoms with Crippen LogP contribution < -0.4 is 9.62 Å². The third-order valence-corrected chi connectivity index (χ3v) is 9.75. The fourth-order valence-corrected chi connectivity index (χ4v) is 6.61. The Labute approximate surface area is 265 Å². The van der Waals surface area contributed by atoms with E-state index in [4.69, 9.17) is 23.2 Å². The van der Waals surface area contributed by atoms with Gasteiger partial charge in [0.15, 0.2) is 0 Å². The summed E-state index contributed by atoms with van der Waals surface area (Å²) in [6.45, 7) is 1.59. The van der Waals surface area contributed by atoms with Crippen LogP contribution in [0.5, 0.6) is 0 Å². The molecule has 1 aliphatic carbocycles. The maximum atomic E-state index is 14.3. The van der Waals surface area contributed by atoms with Crippen LogP contribution in [0.3, 0.4) is 0 Å². The van der Waals surface area contributed by atoms with Crippen LogP contribution >= 0.6 is 23.2 Å². The summed E-state index contributed by atoms with van der Waals surface area (Å²) in [5.41, 5.74) is 2.98. The molecule has 1 saturated carbocycles. The van der Waals surface area contributed by atoms with E-state index < -0.39 is 28.5 Å². The zero-order chi connectivity index (χ0) is 31.0. The molecule has 1 atom stereocenters. The molecule has 43 heavy (non-hydrogen) atoms. The van der Waals surface area contributed by atoms with E-state index in [1.165, 1.54) is 4.90 Å². The molecule has 0 aliphatic heterocycles. The molecule has 10 heteroatoms. The van der Waals surface area contributed by atoms with Crippen LogP contribution in [0.1, 0.15) is 55.7 Å². The van der Waals surface area contributed by atoms with Crippen molar-refractivity contribution in [2.24, 2.45) is 0 Å². The minimum Gasteiger partial charge on any atom is -0.352 e. The van der Waals surface area contributed by atoms with Crippen LogP contribution in [0, 0.1) is 0 Å². The number of carbonyl (C=O) groups is 2. The summed E-state index contributed by atoms with van der Waals surface area (Å²) in [6, 6.07) is 20.8. The molecule has 0 saturated heterocycles. The highest BCUT2D eigenvalue weighted by Gasteiger charge is 2.34. The van der Waals surface area contributed by atoms with E-state index in [0.29, 0.717) is 21.3 Å². The minimum absolute atomic E-state index is 0.0334. The summed E-state index contributed by atoms with van der Waals surface area (Å²) in [6.07, 6.45) is 7.14. The molecule has 0 spiro atoms. The highest BCUT2D eigenvalue weighted by molar-refractivity contribution is 7.92. The van der Waals surface area contributed by atoms with Gasteiger partial charge in [0, 0.05) is 19.0 Å². The van der Waals surface area contributed by atoms with Gasteiger partial charge in [0.2, 0.25) is 21.8 Å². The first-order valence-electron chi connectivity index (χ1n) is 14.7. The first-order valence-corrected chi connectivity index (χ1v) is 17.3. The Hall–Kier alpha value is -3.07. The Kier molecular flexibility index (Phi) is 11.5. The molecule has 0 radical (unpaired) electrons. The van der Waals surface area contributed by atoms with E-state index in [2.05, 4.69) is 5.32 Å².